The summed E-state index contributed by atoms with van der Waals surface area (Å²) in [5.41, 5.74) is -1.03. The summed E-state index contributed by atoms with van der Waals surface area (Å²) in [5.74, 6) is -1.06. The van der Waals surface area contributed by atoms with E-state index in [1.54, 1.807) is 4.90 Å². The maximum absolute atomic E-state index is 13.1. The number of piperidine rings is 1. The van der Waals surface area contributed by atoms with Crippen LogP contribution in [0.3, 0.4) is 0 Å². The molecule has 0 aromatic rings. The predicted octanol–water partition coefficient (Wildman–Crippen LogP) is 2.46. The van der Waals surface area contributed by atoms with Crippen molar-refractivity contribution in [1.29, 1.82) is 0 Å². The second kappa shape index (κ2) is 8.19. The zero-order valence-electron chi connectivity index (χ0n) is 18.8. The fourth-order valence-electron chi connectivity index (χ4n) is 5.95. The minimum absolute atomic E-state index is 0.0780. The lowest BCUT2D eigenvalue weighted by atomic mass is 9.64. The summed E-state index contributed by atoms with van der Waals surface area (Å²) < 4.78 is 5.15. The first kappa shape index (κ1) is 22.6. The minimum atomic E-state index is -0.951. The molecule has 0 radical (unpaired) electrons. The molecule has 1 aliphatic carbocycles. The van der Waals surface area contributed by atoms with E-state index < -0.39 is 24.1 Å². The second-order valence-electron chi connectivity index (χ2n) is 10.3. The van der Waals surface area contributed by atoms with E-state index in [9.17, 15) is 19.2 Å². The molecular weight excluding hydrogens is 386 g/mol. The first-order valence-corrected chi connectivity index (χ1v) is 11.0. The molecule has 3 fully saturated rings. The van der Waals surface area contributed by atoms with Crippen LogP contribution < -0.4 is 5.32 Å². The van der Waals surface area contributed by atoms with Gasteiger partial charge in [0.2, 0.25) is 0 Å². The topological polar surface area (TPSA) is 96.0 Å². The molecule has 30 heavy (non-hydrogen) atoms. The van der Waals surface area contributed by atoms with E-state index >= 15 is 0 Å². The third-order valence-corrected chi connectivity index (χ3v) is 6.75. The number of nitrogens with one attached hydrogen (secondary N) is 1. The van der Waals surface area contributed by atoms with Gasteiger partial charge in [-0.15, -0.1) is 0 Å². The van der Waals surface area contributed by atoms with Gasteiger partial charge in [-0.2, -0.15) is 0 Å². The van der Waals surface area contributed by atoms with Gasteiger partial charge >= 0.3 is 12.0 Å². The van der Waals surface area contributed by atoms with Crippen molar-refractivity contribution in [3.8, 4) is 0 Å². The molecule has 4 atom stereocenters. The van der Waals surface area contributed by atoms with Crippen molar-refractivity contribution in [1.82, 2.24) is 15.1 Å². The molecule has 1 spiro atoms. The number of rotatable bonds is 4. The van der Waals surface area contributed by atoms with Crippen LogP contribution in [0.15, 0.2) is 0 Å². The van der Waals surface area contributed by atoms with Crippen molar-refractivity contribution in [2.75, 3.05) is 13.2 Å². The Kier molecular flexibility index (Phi) is 6.16. The summed E-state index contributed by atoms with van der Waals surface area (Å²) in [4.78, 5) is 53.2. The average molecular weight is 422 g/mol. The van der Waals surface area contributed by atoms with Gasteiger partial charge in [0, 0.05) is 12.1 Å². The number of likely N-dealkylation sites (tertiary alicyclic amines) is 1. The molecule has 168 valence electrons. The number of carbonyl (C=O) groups excluding carboxylic acids is 4. The number of nitrogens with zero attached hydrogens (tertiary/aromatic N) is 2. The molecule has 8 nitrogen and oxygen atoms in total. The Balaban J connectivity index is 1.58. The quantitative estimate of drug-likeness (QED) is 0.556. The first-order chi connectivity index (χ1) is 13.9. The highest BCUT2D eigenvalue weighted by atomic mass is 16.5. The number of imide groups is 1. The lowest BCUT2D eigenvalue weighted by Gasteiger charge is -2.43. The van der Waals surface area contributed by atoms with Crippen molar-refractivity contribution in [3.05, 3.63) is 0 Å². The maximum Gasteiger partial charge on any atom is 0.326 e. The van der Waals surface area contributed by atoms with Crippen LogP contribution in [-0.2, 0) is 19.1 Å². The van der Waals surface area contributed by atoms with Gasteiger partial charge in [0.05, 0.1) is 0 Å². The van der Waals surface area contributed by atoms with Crippen LogP contribution in [0, 0.1) is 11.3 Å². The molecule has 8 heteroatoms. The van der Waals surface area contributed by atoms with E-state index in [0.29, 0.717) is 12.8 Å². The summed E-state index contributed by atoms with van der Waals surface area (Å²) in [6.45, 7) is 9.41. The number of amides is 4. The van der Waals surface area contributed by atoms with Crippen LogP contribution in [0.5, 0.6) is 0 Å². The van der Waals surface area contributed by atoms with Gasteiger partial charge in [0.1, 0.15) is 12.1 Å². The highest BCUT2D eigenvalue weighted by Gasteiger charge is 2.56. The van der Waals surface area contributed by atoms with Crippen LogP contribution >= 0.6 is 0 Å². The molecule has 0 aromatic heterocycles. The highest BCUT2D eigenvalue weighted by Crippen LogP contribution is 2.46. The summed E-state index contributed by atoms with van der Waals surface area (Å²) in [6, 6.07) is -0.337. The molecule has 2 heterocycles. The standard InChI is InChI=1S/C22H35N3O5/c1-14-9-21(4,5)13-22(10-14)19(28)24(20(29)23-22)11-18(27)30-12-17(26)25-15(2)7-6-8-16(25)3/h14-16H,6-13H2,1-5H3,(H,23,29)/t14-,15+,16+,22+/m1/s1. The molecular formula is C22H35N3O5. The molecule has 1 N–H and O–H groups in total. The number of carbonyl (C=O) groups is 4. The zero-order chi connectivity index (χ0) is 22.3. The van der Waals surface area contributed by atoms with Gasteiger partial charge in [0.15, 0.2) is 6.61 Å². The minimum Gasteiger partial charge on any atom is -0.454 e. The second-order valence-corrected chi connectivity index (χ2v) is 10.3. The molecule has 3 rings (SSSR count). The van der Waals surface area contributed by atoms with Crippen LogP contribution in [0.25, 0.3) is 0 Å². The number of ether oxygens (including phenoxy) is 1. The lowest BCUT2D eigenvalue weighted by Crippen LogP contribution is -2.54. The molecule has 1 saturated carbocycles. The van der Waals surface area contributed by atoms with Gasteiger partial charge in [-0.25, -0.2) is 4.79 Å². The largest absolute Gasteiger partial charge is 0.454 e. The summed E-state index contributed by atoms with van der Waals surface area (Å²) in [6.07, 6.45) is 5.04. The highest BCUT2D eigenvalue weighted by molar-refractivity contribution is 6.08. The van der Waals surface area contributed by atoms with Crippen molar-refractivity contribution in [3.63, 3.8) is 0 Å². The maximum atomic E-state index is 13.1. The van der Waals surface area contributed by atoms with Gasteiger partial charge in [-0.05, 0) is 63.7 Å². The van der Waals surface area contributed by atoms with E-state index in [-0.39, 0.29) is 41.8 Å². The first-order valence-electron chi connectivity index (χ1n) is 11.0. The summed E-state index contributed by atoms with van der Waals surface area (Å²) >= 11 is 0. The molecule has 4 amide bonds. The van der Waals surface area contributed by atoms with Gasteiger partial charge in [-0.1, -0.05) is 20.8 Å². The van der Waals surface area contributed by atoms with Crippen molar-refractivity contribution in [2.24, 2.45) is 11.3 Å². The Bertz CT molecular complexity index is 726. The third-order valence-electron chi connectivity index (χ3n) is 6.75. The Labute approximate surface area is 178 Å². The Hall–Kier alpha value is -2.12. The van der Waals surface area contributed by atoms with E-state index in [4.69, 9.17) is 4.74 Å². The molecule has 2 saturated heterocycles. The number of hydrogen-bond donors (Lipinski definition) is 1. The number of esters is 1. The predicted molar refractivity (Wildman–Crippen MR) is 110 cm³/mol. The fraction of sp³-hybridized carbons (Fsp3) is 0.818. The van der Waals surface area contributed by atoms with Crippen LogP contribution in [0.4, 0.5) is 4.79 Å². The normalized spacial score (nSPS) is 33.6. The molecule has 0 unspecified atom stereocenters. The van der Waals surface area contributed by atoms with E-state index in [1.807, 2.05) is 13.8 Å². The van der Waals surface area contributed by atoms with Crippen LogP contribution in [-0.4, -0.2) is 64.4 Å². The third kappa shape index (κ3) is 4.47. The van der Waals surface area contributed by atoms with Crippen LogP contribution in [0.2, 0.25) is 0 Å². The average Bonchev–Trinajstić information content (AvgIpc) is 2.81. The smallest absolute Gasteiger partial charge is 0.326 e. The Morgan fingerprint density at radius 3 is 2.33 bits per heavy atom. The summed E-state index contributed by atoms with van der Waals surface area (Å²) in [5, 5.41) is 2.84. The molecule has 2 aliphatic heterocycles. The molecule has 0 bridgehead atoms. The van der Waals surface area contributed by atoms with E-state index in [2.05, 4.69) is 26.1 Å². The lowest BCUT2D eigenvalue weighted by molar-refractivity contribution is -0.156. The zero-order valence-corrected chi connectivity index (χ0v) is 18.8. The Morgan fingerprint density at radius 1 is 1.10 bits per heavy atom. The van der Waals surface area contributed by atoms with Crippen molar-refractivity contribution in [2.45, 2.75) is 90.8 Å². The van der Waals surface area contributed by atoms with Crippen molar-refractivity contribution < 1.29 is 23.9 Å². The van der Waals surface area contributed by atoms with E-state index in [1.165, 1.54) is 0 Å². The fourth-order valence-corrected chi connectivity index (χ4v) is 5.95. The Morgan fingerprint density at radius 2 is 1.73 bits per heavy atom. The van der Waals surface area contributed by atoms with Crippen LogP contribution in [0.1, 0.15) is 73.1 Å². The van der Waals surface area contributed by atoms with Gasteiger partial charge in [-0.3, -0.25) is 19.3 Å². The molecule has 0 aromatic carbocycles. The number of urea groups is 1. The number of hydrogen-bond acceptors (Lipinski definition) is 5. The van der Waals surface area contributed by atoms with Crippen molar-refractivity contribution >= 4 is 23.8 Å². The summed E-state index contributed by atoms with van der Waals surface area (Å²) in [7, 11) is 0. The van der Waals surface area contributed by atoms with Gasteiger partial charge < -0.3 is 15.0 Å². The SMILES string of the molecule is C[C@@H]1CC(C)(C)C[C@]2(C1)NC(=O)N(CC(=O)OCC(=O)N1[C@@H](C)CCC[C@@H]1C)C2=O. The van der Waals surface area contributed by atoms with E-state index in [0.717, 1.165) is 30.6 Å². The van der Waals surface area contributed by atoms with Gasteiger partial charge in [0.25, 0.3) is 11.8 Å². The molecule has 3 aliphatic rings. The monoisotopic (exact) mass is 421 g/mol.